The highest BCUT2D eigenvalue weighted by atomic mass is 19.3. The minimum atomic E-state index is -3.05. The van der Waals surface area contributed by atoms with Gasteiger partial charge in [0.15, 0.2) is 0 Å². The average molecular weight is 449 g/mol. The van der Waals surface area contributed by atoms with Crippen LogP contribution in [0.25, 0.3) is 0 Å². The lowest BCUT2D eigenvalue weighted by molar-refractivity contribution is -0.0789. The second-order valence-corrected chi connectivity index (χ2v) is 7.41. The SMILES string of the molecule is CCOc1ccnc(Nc2ccc(C)c(C(=O)N3CC(F)(F)CC[C@@H]3COC(N)=O)n2)c1. The maximum atomic E-state index is 14.1. The van der Waals surface area contributed by atoms with Crippen LogP contribution in [0.4, 0.5) is 25.2 Å². The van der Waals surface area contributed by atoms with Gasteiger partial charge in [-0.3, -0.25) is 4.79 Å². The van der Waals surface area contributed by atoms with Gasteiger partial charge in [0.2, 0.25) is 0 Å². The van der Waals surface area contributed by atoms with E-state index in [-0.39, 0.29) is 18.7 Å². The summed E-state index contributed by atoms with van der Waals surface area (Å²) in [6, 6.07) is 5.97. The minimum Gasteiger partial charge on any atom is -0.494 e. The van der Waals surface area contributed by atoms with Crippen LogP contribution in [-0.4, -0.2) is 58.6 Å². The zero-order valence-corrected chi connectivity index (χ0v) is 17.8. The third kappa shape index (κ3) is 5.80. The Morgan fingerprint density at radius 3 is 2.81 bits per heavy atom. The van der Waals surface area contributed by atoms with E-state index in [4.69, 9.17) is 15.2 Å². The molecule has 2 aromatic rings. The van der Waals surface area contributed by atoms with Crippen LogP contribution in [0.2, 0.25) is 0 Å². The van der Waals surface area contributed by atoms with Gasteiger partial charge in [0, 0.05) is 18.7 Å². The molecule has 1 aliphatic rings. The molecule has 3 N–H and O–H groups in total. The monoisotopic (exact) mass is 449 g/mol. The number of nitrogens with one attached hydrogen (secondary N) is 1. The number of ether oxygens (including phenoxy) is 2. The summed E-state index contributed by atoms with van der Waals surface area (Å²) in [5, 5.41) is 2.99. The third-order valence-electron chi connectivity index (χ3n) is 4.96. The van der Waals surface area contributed by atoms with Crippen molar-refractivity contribution in [3.05, 3.63) is 41.7 Å². The normalized spacial score (nSPS) is 17.5. The van der Waals surface area contributed by atoms with Crippen molar-refractivity contribution >= 4 is 23.6 Å². The Hall–Kier alpha value is -3.50. The quantitative estimate of drug-likeness (QED) is 0.666. The number of halogens is 2. The third-order valence-corrected chi connectivity index (χ3v) is 4.96. The number of pyridine rings is 2. The van der Waals surface area contributed by atoms with Gasteiger partial charge in [-0.15, -0.1) is 0 Å². The molecule has 2 aromatic heterocycles. The van der Waals surface area contributed by atoms with E-state index in [1.807, 2.05) is 6.92 Å². The summed E-state index contributed by atoms with van der Waals surface area (Å²) in [5.41, 5.74) is 5.52. The summed E-state index contributed by atoms with van der Waals surface area (Å²) in [6.45, 7) is 2.96. The van der Waals surface area contributed by atoms with Gasteiger partial charge in [0.25, 0.3) is 11.8 Å². The van der Waals surface area contributed by atoms with Gasteiger partial charge < -0.3 is 25.4 Å². The van der Waals surface area contributed by atoms with Crippen molar-refractivity contribution in [2.24, 2.45) is 5.73 Å². The summed E-state index contributed by atoms with van der Waals surface area (Å²) < 4.78 is 38.4. The molecule has 0 bridgehead atoms. The van der Waals surface area contributed by atoms with Gasteiger partial charge in [-0.25, -0.2) is 23.5 Å². The van der Waals surface area contributed by atoms with Crippen LogP contribution in [0.15, 0.2) is 30.5 Å². The molecular formula is C21H25F2N5O4. The molecule has 0 saturated carbocycles. The Labute approximate surface area is 183 Å². The molecule has 0 spiro atoms. The number of carbonyl (C=O) groups is 2. The zero-order chi connectivity index (χ0) is 23.3. The Morgan fingerprint density at radius 2 is 2.09 bits per heavy atom. The van der Waals surface area contributed by atoms with Crippen molar-refractivity contribution in [1.82, 2.24) is 14.9 Å². The first-order chi connectivity index (χ1) is 15.2. The molecule has 1 fully saturated rings. The number of amides is 2. The van der Waals surface area contributed by atoms with E-state index in [0.29, 0.717) is 29.6 Å². The highest BCUT2D eigenvalue weighted by Crippen LogP contribution is 2.32. The van der Waals surface area contributed by atoms with Crippen molar-refractivity contribution in [2.75, 3.05) is 25.1 Å². The van der Waals surface area contributed by atoms with E-state index in [9.17, 15) is 18.4 Å². The molecule has 3 heterocycles. The van der Waals surface area contributed by atoms with Gasteiger partial charge in [-0.1, -0.05) is 6.07 Å². The second kappa shape index (κ2) is 9.75. The van der Waals surface area contributed by atoms with Crippen LogP contribution in [0.1, 0.15) is 35.8 Å². The lowest BCUT2D eigenvalue weighted by Gasteiger charge is -2.39. The molecule has 0 radical (unpaired) electrons. The largest absolute Gasteiger partial charge is 0.494 e. The number of anilines is 2. The van der Waals surface area contributed by atoms with Crippen molar-refractivity contribution < 1.29 is 27.8 Å². The van der Waals surface area contributed by atoms with E-state index in [0.717, 1.165) is 4.90 Å². The highest BCUT2D eigenvalue weighted by molar-refractivity contribution is 5.94. The van der Waals surface area contributed by atoms with E-state index < -0.39 is 36.9 Å². The van der Waals surface area contributed by atoms with Gasteiger partial charge in [0.1, 0.15) is 29.7 Å². The number of nitrogens with zero attached hydrogens (tertiary/aromatic N) is 3. The first-order valence-corrected chi connectivity index (χ1v) is 10.1. The summed E-state index contributed by atoms with van der Waals surface area (Å²) in [6.07, 6.45) is 0.0838. The first-order valence-electron chi connectivity index (χ1n) is 10.1. The Balaban J connectivity index is 1.84. The second-order valence-electron chi connectivity index (χ2n) is 7.41. The van der Waals surface area contributed by atoms with Gasteiger partial charge in [0.05, 0.1) is 19.2 Å². The van der Waals surface area contributed by atoms with Crippen molar-refractivity contribution in [1.29, 1.82) is 0 Å². The molecule has 1 saturated heterocycles. The molecule has 9 nitrogen and oxygen atoms in total. The first kappa shape index (κ1) is 23.2. The van der Waals surface area contributed by atoms with Crippen LogP contribution in [-0.2, 0) is 4.74 Å². The van der Waals surface area contributed by atoms with Crippen LogP contribution in [0.5, 0.6) is 5.75 Å². The number of alkyl halides is 2. The summed E-state index contributed by atoms with van der Waals surface area (Å²) in [5.74, 6) is -2.36. The van der Waals surface area contributed by atoms with Gasteiger partial charge in [-0.05, 0) is 38.0 Å². The Bertz CT molecular complexity index is 988. The number of hydrogen-bond acceptors (Lipinski definition) is 7. The predicted octanol–water partition coefficient (Wildman–Crippen LogP) is 3.26. The minimum absolute atomic E-state index is 0.0118. The van der Waals surface area contributed by atoms with Gasteiger partial charge >= 0.3 is 6.09 Å². The number of rotatable bonds is 7. The number of aromatic nitrogens is 2. The van der Waals surface area contributed by atoms with E-state index in [1.54, 1.807) is 37.4 Å². The molecule has 3 rings (SSSR count). The molecule has 0 unspecified atom stereocenters. The summed E-state index contributed by atoms with van der Waals surface area (Å²) in [4.78, 5) is 33.7. The van der Waals surface area contributed by atoms with E-state index in [2.05, 4.69) is 15.3 Å². The van der Waals surface area contributed by atoms with Crippen molar-refractivity contribution in [3.8, 4) is 5.75 Å². The van der Waals surface area contributed by atoms with Crippen LogP contribution in [0, 0.1) is 6.92 Å². The average Bonchev–Trinajstić information content (AvgIpc) is 2.74. The van der Waals surface area contributed by atoms with Crippen molar-refractivity contribution in [3.63, 3.8) is 0 Å². The molecule has 2 amide bonds. The van der Waals surface area contributed by atoms with Crippen LogP contribution < -0.4 is 15.8 Å². The molecule has 0 aromatic carbocycles. The molecule has 32 heavy (non-hydrogen) atoms. The smallest absolute Gasteiger partial charge is 0.404 e. The number of carbonyl (C=O) groups excluding carboxylic acids is 2. The fourth-order valence-corrected chi connectivity index (χ4v) is 3.40. The highest BCUT2D eigenvalue weighted by Gasteiger charge is 2.43. The lowest BCUT2D eigenvalue weighted by atomic mass is 9.98. The Morgan fingerprint density at radius 1 is 1.31 bits per heavy atom. The number of nitrogens with two attached hydrogens (primary N) is 1. The molecule has 1 atom stereocenters. The van der Waals surface area contributed by atoms with Crippen LogP contribution in [0.3, 0.4) is 0 Å². The van der Waals surface area contributed by atoms with E-state index in [1.165, 1.54) is 0 Å². The lowest BCUT2D eigenvalue weighted by Crippen LogP contribution is -2.53. The van der Waals surface area contributed by atoms with Gasteiger partial charge in [-0.2, -0.15) is 0 Å². The fraction of sp³-hybridized carbons (Fsp3) is 0.429. The molecule has 172 valence electrons. The number of piperidine rings is 1. The van der Waals surface area contributed by atoms with E-state index >= 15 is 0 Å². The van der Waals surface area contributed by atoms with Crippen LogP contribution >= 0.6 is 0 Å². The molecular weight excluding hydrogens is 424 g/mol. The number of likely N-dealkylation sites (tertiary alicyclic amines) is 1. The molecule has 1 aliphatic heterocycles. The summed E-state index contributed by atoms with van der Waals surface area (Å²) in [7, 11) is 0. The topological polar surface area (TPSA) is 120 Å². The Kier molecular flexibility index (Phi) is 7.06. The summed E-state index contributed by atoms with van der Waals surface area (Å²) >= 11 is 0. The number of hydrogen-bond donors (Lipinski definition) is 2. The zero-order valence-electron chi connectivity index (χ0n) is 17.8. The maximum absolute atomic E-state index is 14.1. The molecule has 0 aliphatic carbocycles. The van der Waals surface area contributed by atoms with Crippen molar-refractivity contribution in [2.45, 2.75) is 38.7 Å². The standard InChI is InChI=1S/C21H25F2N5O4/c1-3-31-15-7-9-25-17(10-15)26-16-5-4-13(2)18(27-16)19(29)28-12-21(22,23)8-6-14(28)11-32-20(24)30/h4-5,7,9-10,14H,3,6,8,11-12H2,1-2H3,(H2,24,30)(H,25,26,27)/t14-/m1/s1. The number of primary amides is 1. The predicted molar refractivity (Wildman–Crippen MR) is 112 cm³/mol. The molecule has 11 heteroatoms. The maximum Gasteiger partial charge on any atom is 0.404 e. The fourth-order valence-electron chi connectivity index (χ4n) is 3.40. The number of aryl methyl sites for hydroxylation is 1.